The summed E-state index contributed by atoms with van der Waals surface area (Å²) in [5, 5.41) is 58.5. The van der Waals surface area contributed by atoms with Gasteiger partial charge in [-0.3, -0.25) is 0 Å². The molecule has 0 radical (unpaired) electrons. The van der Waals surface area contributed by atoms with Gasteiger partial charge in [-0.25, -0.2) is 0 Å². The lowest BCUT2D eigenvalue weighted by Gasteiger charge is -2.26. The lowest BCUT2D eigenvalue weighted by Crippen LogP contribution is -2.09. The molecule has 0 fully saturated rings. The molecule has 0 amide bonds. The van der Waals surface area contributed by atoms with E-state index in [1.807, 2.05) is 109 Å². The van der Waals surface area contributed by atoms with E-state index in [-0.39, 0.29) is 39.6 Å². The maximum absolute atomic E-state index is 9.75. The predicted molar refractivity (Wildman–Crippen MR) is 193 cm³/mol. The summed E-state index contributed by atoms with van der Waals surface area (Å²) >= 11 is 0. The normalized spacial score (nSPS) is 11.1. The Bertz CT molecular complexity index is 1720. The van der Waals surface area contributed by atoms with Crippen molar-refractivity contribution in [3.8, 4) is 33.4 Å². The van der Waals surface area contributed by atoms with Gasteiger partial charge in [-0.2, -0.15) is 0 Å². The van der Waals surface area contributed by atoms with Gasteiger partial charge in [0.05, 0.1) is 39.6 Å². The Morgan fingerprint density at radius 2 is 0.469 bits per heavy atom. The van der Waals surface area contributed by atoms with Gasteiger partial charge in [-0.05, 0) is 140 Å². The average molecular weight is 654 g/mol. The van der Waals surface area contributed by atoms with Crippen LogP contribution in [0.1, 0.15) is 33.4 Å². The van der Waals surface area contributed by atoms with E-state index in [0.29, 0.717) is 0 Å². The highest BCUT2D eigenvalue weighted by Crippen LogP contribution is 2.38. The molecule has 7 heteroatoms. The summed E-state index contributed by atoms with van der Waals surface area (Å²) in [5.74, 6) is 0. The van der Waals surface area contributed by atoms with Gasteiger partial charge in [-0.1, -0.05) is 54.6 Å². The van der Waals surface area contributed by atoms with E-state index in [9.17, 15) is 30.6 Å². The zero-order valence-corrected chi connectivity index (χ0v) is 27.0. The van der Waals surface area contributed by atoms with E-state index < -0.39 is 0 Å². The largest absolute Gasteiger partial charge is 0.392 e. The summed E-state index contributed by atoms with van der Waals surface area (Å²) < 4.78 is 0. The molecule has 0 aliphatic carbocycles. The number of rotatable bonds is 12. The van der Waals surface area contributed by atoms with E-state index in [2.05, 4.69) is 4.90 Å². The molecule has 6 N–H and O–H groups in total. The summed E-state index contributed by atoms with van der Waals surface area (Å²) in [4.78, 5) is 2.15. The minimum Gasteiger partial charge on any atom is -0.392 e. The molecule has 0 spiro atoms. The number of hydrogen-bond acceptors (Lipinski definition) is 7. The summed E-state index contributed by atoms with van der Waals surface area (Å²) in [6, 6.07) is 41.3. The second-order valence-electron chi connectivity index (χ2n) is 12.0. The first kappa shape index (κ1) is 33.8. The van der Waals surface area contributed by atoms with Gasteiger partial charge in [0.25, 0.3) is 0 Å². The standard InChI is InChI=1S/C42H39NO6/c44-22-28-13-29(23-45)17-37(16-28)34-1-7-40(8-2-34)43(41-9-3-35(4-10-41)38-18-30(24-46)14-31(19-38)25-47)42-11-5-36(6-12-42)39-20-32(26-48)15-33(21-39)27-49/h1-21,44-49H,22-27H2. The molecule has 0 aliphatic heterocycles. The van der Waals surface area contributed by atoms with Crippen molar-refractivity contribution in [2.75, 3.05) is 4.90 Å². The summed E-state index contributed by atoms with van der Waals surface area (Å²) in [6.07, 6.45) is 0. The molecular formula is C42H39NO6. The highest BCUT2D eigenvalue weighted by Gasteiger charge is 2.15. The van der Waals surface area contributed by atoms with Crippen molar-refractivity contribution >= 4 is 17.1 Å². The van der Waals surface area contributed by atoms with Crippen molar-refractivity contribution in [2.45, 2.75) is 39.6 Å². The number of aliphatic hydroxyl groups is 6. The van der Waals surface area contributed by atoms with Crippen LogP contribution in [0, 0.1) is 0 Å². The lowest BCUT2D eigenvalue weighted by atomic mass is 9.98. The first-order valence-corrected chi connectivity index (χ1v) is 16.1. The van der Waals surface area contributed by atoms with Crippen molar-refractivity contribution < 1.29 is 30.6 Å². The third-order valence-corrected chi connectivity index (χ3v) is 8.63. The number of benzene rings is 6. The van der Waals surface area contributed by atoms with Crippen LogP contribution < -0.4 is 4.90 Å². The molecule has 49 heavy (non-hydrogen) atoms. The molecule has 6 rings (SSSR count). The molecule has 0 saturated heterocycles. The summed E-state index contributed by atoms with van der Waals surface area (Å²) in [6.45, 7) is -0.691. The Labute approximate surface area is 285 Å². The van der Waals surface area contributed by atoms with Crippen molar-refractivity contribution in [3.63, 3.8) is 0 Å². The molecule has 0 unspecified atom stereocenters. The van der Waals surface area contributed by atoms with Crippen LogP contribution >= 0.6 is 0 Å². The smallest absolute Gasteiger partial charge is 0.0682 e. The molecular weight excluding hydrogens is 614 g/mol. The Balaban J connectivity index is 1.40. The molecule has 0 bridgehead atoms. The van der Waals surface area contributed by atoms with E-state index in [0.717, 1.165) is 83.8 Å². The molecule has 6 aromatic rings. The maximum atomic E-state index is 9.75. The highest BCUT2D eigenvalue weighted by molar-refractivity contribution is 5.81. The highest BCUT2D eigenvalue weighted by atomic mass is 16.3. The SMILES string of the molecule is OCc1cc(CO)cc(-c2ccc(N(c3ccc(-c4cc(CO)cc(CO)c4)cc3)c3ccc(-c4cc(CO)cc(CO)c4)cc3)cc2)c1. The Hall–Kier alpha value is -5.12. The van der Waals surface area contributed by atoms with Gasteiger partial charge >= 0.3 is 0 Å². The zero-order chi connectivity index (χ0) is 34.3. The van der Waals surface area contributed by atoms with Gasteiger partial charge in [-0.15, -0.1) is 0 Å². The molecule has 7 nitrogen and oxygen atoms in total. The fraction of sp³-hybridized carbons (Fsp3) is 0.143. The summed E-state index contributed by atoms with van der Waals surface area (Å²) in [7, 11) is 0. The number of hydrogen-bond donors (Lipinski definition) is 6. The Morgan fingerprint density at radius 1 is 0.265 bits per heavy atom. The fourth-order valence-electron chi connectivity index (χ4n) is 6.19. The molecule has 0 atom stereocenters. The van der Waals surface area contributed by atoms with Gasteiger partial charge < -0.3 is 35.5 Å². The van der Waals surface area contributed by atoms with Gasteiger partial charge in [0.2, 0.25) is 0 Å². The van der Waals surface area contributed by atoms with Crippen molar-refractivity contribution in [3.05, 3.63) is 161 Å². The van der Waals surface area contributed by atoms with Crippen molar-refractivity contribution in [1.82, 2.24) is 0 Å². The molecule has 0 aromatic heterocycles. The zero-order valence-electron chi connectivity index (χ0n) is 27.0. The molecule has 0 saturated carbocycles. The number of aliphatic hydroxyl groups excluding tert-OH is 6. The van der Waals surface area contributed by atoms with Crippen molar-refractivity contribution in [1.29, 1.82) is 0 Å². The van der Waals surface area contributed by atoms with Crippen LogP contribution in [0.2, 0.25) is 0 Å². The van der Waals surface area contributed by atoms with Crippen LogP contribution in [0.5, 0.6) is 0 Å². The maximum Gasteiger partial charge on any atom is 0.0682 e. The fourth-order valence-corrected chi connectivity index (χ4v) is 6.19. The lowest BCUT2D eigenvalue weighted by molar-refractivity contribution is 0.275. The van der Waals surface area contributed by atoms with Crippen LogP contribution in [0.4, 0.5) is 17.1 Å². The minimum absolute atomic E-state index is 0.115. The second-order valence-corrected chi connectivity index (χ2v) is 12.0. The number of nitrogens with zero attached hydrogens (tertiary/aromatic N) is 1. The average Bonchev–Trinajstić information content (AvgIpc) is 3.18. The van der Waals surface area contributed by atoms with Gasteiger partial charge in [0.1, 0.15) is 0 Å². The Kier molecular flexibility index (Phi) is 10.6. The third kappa shape index (κ3) is 7.63. The van der Waals surface area contributed by atoms with Crippen LogP contribution in [0.25, 0.3) is 33.4 Å². The van der Waals surface area contributed by atoms with Crippen LogP contribution in [-0.4, -0.2) is 30.6 Å². The van der Waals surface area contributed by atoms with Crippen molar-refractivity contribution in [2.24, 2.45) is 0 Å². The second kappa shape index (κ2) is 15.4. The minimum atomic E-state index is -0.115. The topological polar surface area (TPSA) is 125 Å². The van der Waals surface area contributed by atoms with Gasteiger partial charge in [0, 0.05) is 17.1 Å². The Morgan fingerprint density at radius 3 is 0.653 bits per heavy atom. The van der Waals surface area contributed by atoms with E-state index in [1.54, 1.807) is 18.2 Å². The first-order chi connectivity index (χ1) is 23.9. The molecule has 6 aromatic carbocycles. The predicted octanol–water partition coefficient (Wildman–Crippen LogP) is 7.11. The molecule has 248 valence electrons. The first-order valence-electron chi connectivity index (χ1n) is 16.1. The van der Waals surface area contributed by atoms with Gasteiger partial charge in [0.15, 0.2) is 0 Å². The quantitative estimate of drug-likeness (QED) is 0.0832. The number of anilines is 3. The van der Waals surface area contributed by atoms with E-state index in [1.165, 1.54) is 0 Å². The van der Waals surface area contributed by atoms with E-state index in [4.69, 9.17) is 0 Å². The van der Waals surface area contributed by atoms with Crippen LogP contribution in [-0.2, 0) is 39.6 Å². The van der Waals surface area contributed by atoms with Crippen LogP contribution in [0.15, 0.2) is 127 Å². The third-order valence-electron chi connectivity index (χ3n) is 8.63. The van der Waals surface area contributed by atoms with E-state index >= 15 is 0 Å². The monoisotopic (exact) mass is 653 g/mol. The molecule has 0 heterocycles. The van der Waals surface area contributed by atoms with Crippen LogP contribution in [0.3, 0.4) is 0 Å². The molecule has 0 aliphatic rings. The summed E-state index contributed by atoms with van der Waals surface area (Å²) in [5.41, 5.74) is 12.7.